The van der Waals surface area contributed by atoms with Gasteiger partial charge in [0.25, 0.3) is 0 Å². The second kappa shape index (κ2) is 17.1. The number of aryl methyl sites for hydroxylation is 2. The Bertz CT molecular complexity index is 2220. The van der Waals surface area contributed by atoms with Crippen molar-refractivity contribution in [1.29, 1.82) is 0 Å². The number of esters is 2. The molecule has 0 saturated carbocycles. The zero-order chi connectivity index (χ0) is 42.0. The van der Waals surface area contributed by atoms with E-state index < -0.39 is 0 Å². The minimum Gasteiger partial charge on any atom is -0.460 e. The topological polar surface area (TPSA) is 110 Å². The third-order valence-corrected chi connectivity index (χ3v) is 11.1. The molecule has 2 aliphatic rings. The number of H-pyrrole nitrogens is 2. The smallest absolute Gasteiger partial charge is 0.340 e. The number of nitrogens with zero attached hydrogens (tertiary/aromatic N) is 5. The number of rotatable bonds is 14. The Labute approximate surface area is 340 Å². The van der Waals surface area contributed by atoms with Crippen molar-refractivity contribution in [3.63, 3.8) is 0 Å². The average molecular weight is 783 g/mol. The highest BCUT2D eigenvalue weighted by Crippen LogP contribution is 2.41. The van der Waals surface area contributed by atoms with Gasteiger partial charge in [0.15, 0.2) is 0 Å². The average Bonchev–Trinajstić information content (AvgIpc) is 3.75. The standard InChI is InChI=1S/C46H67N7O4/c1-15-33-29(2)38-26-41-34(17-16-20-51(6,7)8)30(3)36(48-41)25-37-31(4)35(18-19-44(54)56-23-21-52(9,10)11)42(49-37)28-43-45(46(55)57-24-22-53(12,13)14)32(5)39(50-43)27-40(33)47-38/h16-17,25-28,31,35H,15,18-24H2,1-14H3,(H-,47,48,49,50,55)/q+2/p+1/b17-16+/t31-,35-/m0/s1. The summed E-state index contributed by atoms with van der Waals surface area (Å²) in [6, 6.07) is 8.37. The Hall–Kier alpha value is -4.58. The van der Waals surface area contributed by atoms with Crippen LogP contribution in [0.15, 0.2) is 30.3 Å². The predicted octanol–water partition coefficient (Wildman–Crippen LogP) is 7.77. The van der Waals surface area contributed by atoms with Crippen molar-refractivity contribution in [2.24, 2.45) is 0 Å². The molecule has 0 aromatic carbocycles. The van der Waals surface area contributed by atoms with Crippen molar-refractivity contribution in [1.82, 2.24) is 19.9 Å². The second-order valence-corrected chi connectivity index (χ2v) is 19.0. The van der Waals surface area contributed by atoms with Crippen LogP contribution in [0.3, 0.4) is 0 Å². The minimum absolute atomic E-state index is 0.00595. The van der Waals surface area contributed by atoms with Crippen molar-refractivity contribution < 1.29 is 32.5 Å². The number of hydrogen-bond donors (Lipinski definition) is 2. The van der Waals surface area contributed by atoms with Gasteiger partial charge in [-0.1, -0.05) is 19.9 Å². The first-order valence-corrected chi connectivity index (χ1v) is 20.4. The van der Waals surface area contributed by atoms with Crippen molar-refractivity contribution in [2.75, 3.05) is 96.3 Å². The van der Waals surface area contributed by atoms with E-state index >= 15 is 0 Å². The molecule has 11 heteroatoms. The largest absolute Gasteiger partial charge is 0.460 e. The lowest BCUT2D eigenvalue weighted by atomic mass is 9.87. The summed E-state index contributed by atoms with van der Waals surface area (Å²) in [5, 5.41) is 0. The van der Waals surface area contributed by atoms with Gasteiger partial charge < -0.3 is 32.9 Å². The number of hydrogen-bond acceptors (Lipinski definition) is 6. The Morgan fingerprint density at radius 1 is 0.737 bits per heavy atom. The first-order valence-electron chi connectivity index (χ1n) is 20.4. The molecule has 0 saturated heterocycles. The minimum atomic E-state index is -0.378. The molecule has 0 unspecified atom stereocenters. The molecule has 2 atom stereocenters. The molecule has 5 heterocycles. The van der Waals surface area contributed by atoms with E-state index in [0.29, 0.717) is 41.7 Å². The van der Waals surface area contributed by atoms with Crippen LogP contribution in [0, 0.1) is 13.8 Å². The lowest BCUT2D eigenvalue weighted by molar-refractivity contribution is -0.870. The van der Waals surface area contributed by atoms with Crippen LogP contribution < -0.4 is 0 Å². The van der Waals surface area contributed by atoms with Gasteiger partial charge in [0, 0.05) is 51.8 Å². The third-order valence-electron chi connectivity index (χ3n) is 11.1. The van der Waals surface area contributed by atoms with E-state index in [1.54, 1.807) is 0 Å². The number of carbonyl (C=O) groups is 2. The number of nitrogens with one attached hydrogen (secondary N) is 2. The summed E-state index contributed by atoms with van der Waals surface area (Å²) in [7, 11) is 19.0. The molecule has 2 N–H and O–H groups in total. The number of fused-ring (bicyclic) bond motifs is 8. The van der Waals surface area contributed by atoms with Gasteiger partial charge in [-0.25, -0.2) is 9.78 Å². The lowest BCUT2D eigenvalue weighted by Crippen LogP contribution is -2.38. The van der Waals surface area contributed by atoms with Crippen LogP contribution in [-0.2, 0) is 14.3 Å². The van der Waals surface area contributed by atoms with Crippen LogP contribution in [0.1, 0.15) is 102 Å². The van der Waals surface area contributed by atoms with E-state index in [1.165, 1.54) is 0 Å². The molecule has 57 heavy (non-hydrogen) atoms. The molecule has 0 amide bonds. The van der Waals surface area contributed by atoms with Gasteiger partial charge in [0.05, 0.1) is 92.4 Å². The van der Waals surface area contributed by atoms with E-state index in [1.807, 2.05) is 13.0 Å². The quantitative estimate of drug-likeness (QED) is 0.128. The van der Waals surface area contributed by atoms with E-state index in [4.69, 9.17) is 19.4 Å². The molecule has 11 nitrogen and oxygen atoms in total. The molecule has 0 aliphatic carbocycles. The maximum absolute atomic E-state index is 14.0. The summed E-state index contributed by atoms with van der Waals surface area (Å²) in [6.45, 7) is 13.6. The molecule has 2 aliphatic heterocycles. The maximum Gasteiger partial charge on any atom is 0.340 e. The molecule has 0 radical (unpaired) electrons. The van der Waals surface area contributed by atoms with Crippen molar-refractivity contribution >= 4 is 51.2 Å². The molecular weight excluding hydrogens is 715 g/mol. The summed E-state index contributed by atoms with van der Waals surface area (Å²) in [5.74, 6) is -0.686. The highest BCUT2D eigenvalue weighted by Gasteiger charge is 2.31. The predicted molar refractivity (Wildman–Crippen MR) is 233 cm³/mol. The highest BCUT2D eigenvalue weighted by molar-refractivity contribution is 6.02. The molecule has 8 bridgehead atoms. The summed E-state index contributed by atoms with van der Waals surface area (Å²) >= 11 is 0. The van der Waals surface area contributed by atoms with Gasteiger partial charge in [-0.05, 0) is 86.2 Å². The van der Waals surface area contributed by atoms with E-state index in [-0.39, 0.29) is 30.2 Å². The zero-order valence-electron chi connectivity index (χ0n) is 37.1. The number of aromatic nitrogens is 4. The molecule has 3 aromatic heterocycles. The first kappa shape index (κ1) is 43.5. The first-order chi connectivity index (χ1) is 26.5. The van der Waals surface area contributed by atoms with Gasteiger partial charge in [0.2, 0.25) is 0 Å². The Morgan fingerprint density at radius 3 is 1.96 bits per heavy atom. The molecule has 3 aromatic rings. The fraction of sp³-hybridized carbons (Fsp3) is 0.522. The molecular formula is C46H68N7O4+3. The number of aromatic amines is 2. The van der Waals surface area contributed by atoms with E-state index in [2.05, 4.69) is 131 Å². The number of allylic oxidation sites excluding steroid dienone is 2. The van der Waals surface area contributed by atoms with Crippen molar-refractivity contribution in [3.05, 3.63) is 75.4 Å². The Kier molecular flexibility index (Phi) is 13.1. The summed E-state index contributed by atoms with van der Waals surface area (Å²) in [6.07, 6.45) is 6.09. The molecule has 5 rings (SSSR count). The van der Waals surface area contributed by atoms with Crippen LogP contribution >= 0.6 is 0 Å². The normalized spacial score (nSPS) is 16.5. The highest BCUT2D eigenvalue weighted by atomic mass is 16.5. The van der Waals surface area contributed by atoms with Crippen molar-refractivity contribution in [2.45, 2.75) is 65.7 Å². The zero-order valence-corrected chi connectivity index (χ0v) is 37.1. The van der Waals surface area contributed by atoms with Gasteiger partial charge in [-0.3, -0.25) is 9.78 Å². The lowest BCUT2D eigenvalue weighted by Gasteiger charge is -2.23. The van der Waals surface area contributed by atoms with Gasteiger partial charge >= 0.3 is 11.9 Å². The maximum atomic E-state index is 14.0. The van der Waals surface area contributed by atoms with Crippen LogP contribution in [0.2, 0.25) is 0 Å². The fourth-order valence-electron chi connectivity index (χ4n) is 7.43. The van der Waals surface area contributed by atoms with E-state index in [0.717, 1.165) is 95.6 Å². The number of likely N-dealkylation sites (N-methyl/N-ethyl adjacent to an activating group) is 3. The fourth-order valence-corrected chi connectivity index (χ4v) is 7.43. The van der Waals surface area contributed by atoms with Gasteiger partial charge in [0.1, 0.15) is 26.3 Å². The summed E-state index contributed by atoms with van der Waals surface area (Å²) in [4.78, 5) is 44.9. The monoisotopic (exact) mass is 783 g/mol. The molecule has 308 valence electrons. The van der Waals surface area contributed by atoms with Gasteiger partial charge in [-0.2, -0.15) is 0 Å². The Balaban J connectivity index is 1.76. The molecule has 0 spiro atoms. The number of carbonyl (C=O) groups excluding carboxylic acids is 2. The number of ether oxygens (including phenoxy) is 2. The van der Waals surface area contributed by atoms with E-state index in [9.17, 15) is 9.59 Å². The van der Waals surface area contributed by atoms with Crippen molar-refractivity contribution in [3.8, 4) is 0 Å². The Morgan fingerprint density at radius 2 is 1.33 bits per heavy atom. The van der Waals surface area contributed by atoms with Gasteiger partial charge in [-0.15, -0.1) is 0 Å². The van der Waals surface area contributed by atoms with Crippen LogP contribution in [0.25, 0.3) is 39.3 Å². The summed E-state index contributed by atoms with van der Waals surface area (Å²) in [5.41, 5.74) is 12.7. The van der Waals surface area contributed by atoms with Crippen LogP contribution in [-0.4, -0.2) is 142 Å². The van der Waals surface area contributed by atoms with Crippen LogP contribution in [0.4, 0.5) is 0 Å². The number of quaternary nitrogens is 3. The third kappa shape index (κ3) is 10.9. The second-order valence-electron chi connectivity index (χ2n) is 19.0. The summed E-state index contributed by atoms with van der Waals surface area (Å²) < 4.78 is 13.8. The SMILES string of the molecule is CCC1=C(C)c2cc3[nH]c(cc4nc(cc5[nH]c(cc1n2)c(C)c5C(=O)OCC[N+](C)(C)C)[C@@H](CCC(=O)OCC[N+](C)(C)C)[C@@H]4C)c(C)c3/C=C/C[N+](C)(C)C. The molecule has 0 fully saturated rings. The van der Waals surface area contributed by atoms with Crippen LogP contribution in [0.5, 0.6) is 0 Å².